The van der Waals surface area contributed by atoms with Gasteiger partial charge in [0.15, 0.2) is 0 Å². The van der Waals surface area contributed by atoms with Gasteiger partial charge in [0.25, 0.3) is 0 Å². The molecule has 0 aliphatic heterocycles. The molecule has 0 heterocycles. The van der Waals surface area contributed by atoms with Gasteiger partial charge in [-0.3, -0.25) is 4.79 Å². The maximum Gasteiger partial charge on any atom is 0.407 e. The van der Waals surface area contributed by atoms with E-state index in [1.165, 1.54) is 0 Å². The van der Waals surface area contributed by atoms with Crippen molar-refractivity contribution < 1.29 is 14.3 Å². The molecule has 5 heteroatoms. The Balaban J connectivity index is 2.36. The van der Waals surface area contributed by atoms with Gasteiger partial charge in [-0.05, 0) is 45.0 Å². The number of benzene rings is 1. The van der Waals surface area contributed by atoms with Crippen LogP contribution in [-0.2, 0) is 4.74 Å². The van der Waals surface area contributed by atoms with Crippen molar-refractivity contribution in [3.63, 3.8) is 0 Å². The Labute approximate surface area is 124 Å². The summed E-state index contributed by atoms with van der Waals surface area (Å²) in [5, 5.41) is 2.62. The molecule has 0 aromatic heterocycles. The first kappa shape index (κ1) is 16.6. The third kappa shape index (κ3) is 7.02. The monoisotopic (exact) mass is 288 g/mol. The van der Waals surface area contributed by atoms with Crippen LogP contribution in [0.5, 0.6) is 0 Å². The summed E-state index contributed by atoms with van der Waals surface area (Å²) in [6, 6.07) is 6.72. The molecule has 0 saturated heterocycles. The number of carbonyl (C=O) groups is 2. The quantitative estimate of drug-likeness (QED) is 0.659. The van der Waals surface area contributed by atoms with E-state index in [9.17, 15) is 9.59 Å². The summed E-state index contributed by atoms with van der Waals surface area (Å²) in [4.78, 5) is 22.3. The standard InChI is InChI=1S/C16H20N2O3/c1-16(2,3)21-15(20)18-11-5-4-6-12-7-9-13(10-8-12)14(17)19/h7-10H,5,11H2,1-3H3,(H2,17,19)(H,18,20). The van der Waals surface area contributed by atoms with E-state index in [4.69, 9.17) is 10.5 Å². The predicted molar refractivity (Wildman–Crippen MR) is 80.7 cm³/mol. The van der Waals surface area contributed by atoms with E-state index < -0.39 is 17.6 Å². The van der Waals surface area contributed by atoms with Crippen LogP contribution in [0.2, 0.25) is 0 Å². The fourth-order valence-corrected chi connectivity index (χ4v) is 1.42. The average molecular weight is 288 g/mol. The summed E-state index contributed by atoms with van der Waals surface area (Å²) in [6.07, 6.45) is 0.0618. The van der Waals surface area contributed by atoms with Crippen LogP contribution in [0.4, 0.5) is 4.79 Å². The zero-order valence-corrected chi connectivity index (χ0v) is 12.5. The van der Waals surface area contributed by atoms with E-state index in [1.54, 1.807) is 24.3 Å². The number of amides is 2. The van der Waals surface area contributed by atoms with Gasteiger partial charge < -0.3 is 15.8 Å². The highest BCUT2D eigenvalue weighted by Gasteiger charge is 2.15. The molecule has 0 spiro atoms. The van der Waals surface area contributed by atoms with Crippen molar-refractivity contribution in [1.29, 1.82) is 0 Å². The van der Waals surface area contributed by atoms with Crippen molar-refractivity contribution in [2.45, 2.75) is 32.8 Å². The Morgan fingerprint density at radius 1 is 1.24 bits per heavy atom. The second kappa shape index (κ2) is 7.34. The van der Waals surface area contributed by atoms with Crippen LogP contribution in [0.25, 0.3) is 0 Å². The number of carbonyl (C=O) groups excluding carboxylic acids is 2. The first-order valence-electron chi connectivity index (χ1n) is 6.63. The van der Waals surface area contributed by atoms with Crippen molar-refractivity contribution in [3.05, 3.63) is 35.4 Å². The molecule has 5 nitrogen and oxygen atoms in total. The fraction of sp³-hybridized carbons (Fsp3) is 0.375. The second-order valence-electron chi connectivity index (χ2n) is 5.42. The molecule has 0 radical (unpaired) electrons. The van der Waals surface area contributed by atoms with Crippen LogP contribution in [-0.4, -0.2) is 24.1 Å². The average Bonchev–Trinajstić information content (AvgIpc) is 2.36. The highest BCUT2D eigenvalue weighted by molar-refractivity contribution is 5.92. The van der Waals surface area contributed by atoms with Crippen LogP contribution in [0.1, 0.15) is 43.1 Å². The van der Waals surface area contributed by atoms with Crippen molar-refractivity contribution in [3.8, 4) is 11.8 Å². The SMILES string of the molecule is CC(C)(C)OC(=O)NCCC#Cc1ccc(C(N)=O)cc1. The number of hydrogen-bond donors (Lipinski definition) is 2. The molecule has 0 saturated carbocycles. The third-order valence-corrected chi connectivity index (χ3v) is 2.32. The smallest absolute Gasteiger partial charge is 0.407 e. The number of alkyl carbamates (subject to hydrolysis) is 1. The molecule has 0 fully saturated rings. The van der Waals surface area contributed by atoms with E-state index in [0.717, 1.165) is 5.56 Å². The van der Waals surface area contributed by atoms with Gasteiger partial charge in [-0.15, -0.1) is 0 Å². The van der Waals surface area contributed by atoms with Gasteiger partial charge in [-0.2, -0.15) is 0 Å². The Morgan fingerprint density at radius 3 is 2.38 bits per heavy atom. The number of primary amides is 1. The zero-order valence-electron chi connectivity index (χ0n) is 12.5. The van der Waals surface area contributed by atoms with Gasteiger partial charge in [0, 0.05) is 24.1 Å². The molecule has 1 aromatic carbocycles. The first-order valence-corrected chi connectivity index (χ1v) is 6.63. The van der Waals surface area contributed by atoms with Crippen molar-refractivity contribution in [2.24, 2.45) is 5.73 Å². The Hall–Kier alpha value is -2.48. The zero-order chi connectivity index (χ0) is 15.9. The van der Waals surface area contributed by atoms with E-state index in [0.29, 0.717) is 18.5 Å². The van der Waals surface area contributed by atoms with Crippen LogP contribution in [0, 0.1) is 11.8 Å². The molecular formula is C16H20N2O3. The summed E-state index contributed by atoms with van der Waals surface area (Å²) in [7, 11) is 0. The van der Waals surface area contributed by atoms with Gasteiger partial charge in [-0.25, -0.2) is 4.79 Å². The summed E-state index contributed by atoms with van der Waals surface area (Å²) >= 11 is 0. The topological polar surface area (TPSA) is 81.4 Å². The highest BCUT2D eigenvalue weighted by atomic mass is 16.6. The van der Waals surface area contributed by atoms with Crippen LogP contribution >= 0.6 is 0 Å². The lowest BCUT2D eigenvalue weighted by atomic mass is 10.1. The van der Waals surface area contributed by atoms with Gasteiger partial charge in [-0.1, -0.05) is 11.8 Å². The molecule has 2 amide bonds. The Morgan fingerprint density at radius 2 is 1.86 bits per heavy atom. The minimum atomic E-state index is -0.502. The maximum atomic E-state index is 11.4. The minimum Gasteiger partial charge on any atom is -0.444 e. The lowest BCUT2D eigenvalue weighted by Crippen LogP contribution is -2.32. The summed E-state index contributed by atoms with van der Waals surface area (Å²) in [6.45, 7) is 5.84. The normalized spacial score (nSPS) is 10.2. The Kier molecular flexibility index (Phi) is 5.79. The molecule has 112 valence electrons. The van der Waals surface area contributed by atoms with E-state index in [-0.39, 0.29) is 0 Å². The third-order valence-electron chi connectivity index (χ3n) is 2.32. The molecule has 0 bridgehead atoms. The first-order chi connectivity index (χ1) is 9.78. The van der Waals surface area contributed by atoms with E-state index in [2.05, 4.69) is 17.2 Å². The van der Waals surface area contributed by atoms with Crippen molar-refractivity contribution in [1.82, 2.24) is 5.32 Å². The second-order valence-corrected chi connectivity index (χ2v) is 5.42. The van der Waals surface area contributed by atoms with Crippen LogP contribution in [0.15, 0.2) is 24.3 Å². The molecule has 21 heavy (non-hydrogen) atoms. The van der Waals surface area contributed by atoms with Crippen molar-refractivity contribution in [2.75, 3.05) is 6.54 Å². The summed E-state index contributed by atoms with van der Waals surface area (Å²) < 4.78 is 5.10. The van der Waals surface area contributed by atoms with Crippen molar-refractivity contribution >= 4 is 12.0 Å². The minimum absolute atomic E-state index is 0.418. The number of ether oxygens (including phenoxy) is 1. The van der Waals surface area contributed by atoms with E-state index in [1.807, 2.05) is 20.8 Å². The molecule has 1 rings (SSSR count). The number of nitrogens with two attached hydrogens (primary N) is 1. The van der Waals surface area contributed by atoms with Gasteiger partial charge in [0.1, 0.15) is 5.60 Å². The van der Waals surface area contributed by atoms with Gasteiger partial charge in [0.2, 0.25) is 5.91 Å². The van der Waals surface area contributed by atoms with E-state index >= 15 is 0 Å². The highest BCUT2D eigenvalue weighted by Crippen LogP contribution is 2.06. The van der Waals surface area contributed by atoms with Gasteiger partial charge in [0.05, 0.1) is 0 Å². The molecule has 3 N–H and O–H groups in total. The number of hydrogen-bond acceptors (Lipinski definition) is 3. The van der Waals surface area contributed by atoms with Gasteiger partial charge >= 0.3 is 6.09 Å². The number of nitrogens with one attached hydrogen (secondary N) is 1. The molecule has 0 atom stereocenters. The maximum absolute atomic E-state index is 11.4. The van der Waals surface area contributed by atoms with Crippen LogP contribution < -0.4 is 11.1 Å². The van der Waals surface area contributed by atoms with Crippen LogP contribution in [0.3, 0.4) is 0 Å². The summed E-state index contributed by atoms with van der Waals surface area (Å²) in [5.41, 5.74) is 5.89. The fourth-order valence-electron chi connectivity index (χ4n) is 1.42. The lowest BCUT2D eigenvalue weighted by Gasteiger charge is -2.19. The molecular weight excluding hydrogens is 268 g/mol. The Bertz CT molecular complexity index is 560. The molecule has 0 unspecified atom stereocenters. The molecule has 1 aromatic rings. The number of rotatable bonds is 3. The lowest BCUT2D eigenvalue weighted by molar-refractivity contribution is 0.0529. The molecule has 0 aliphatic carbocycles. The predicted octanol–water partition coefficient (Wildman–Crippen LogP) is 2.05. The molecule has 0 aliphatic rings. The summed E-state index contributed by atoms with van der Waals surface area (Å²) in [5.74, 6) is 5.41. The largest absolute Gasteiger partial charge is 0.444 e.